The molecule has 0 spiro atoms. The van der Waals surface area contributed by atoms with Gasteiger partial charge in [0.05, 0.1) is 0 Å². The number of hydrogen-bond acceptors (Lipinski definition) is 5. The molecule has 1 aliphatic rings. The van der Waals surface area contributed by atoms with Gasteiger partial charge in [-0.3, -0.25) is 4.79 Å². The van der Waals surface area contributed by atoms with Gasteiger partial charge in [-0.25, -0.2) is 4.79 Å². The second-order valence-electron chi connectivity index (χ2n) is 4.36. The molecule has 0 radical (unpaired) electrons. The van der Waals surface area contributed by atoms with Crippen molar-refractivity contribution in [3.05, 3.63) is 29.8 Å². The normalized spacial score (nSPS) is 14.1. The molecule has 1 aliphatic heterocycles. The van der Waals surface area contributed by atoms with Crippen molar-refractivity contribution < 1.29 is 29.3 Å². The molecule has 0 aliphatic carbocycles. The minimum atomic E-state index is -1.19. The molecule has 1 heterocycles. The van der Waals surface area contributed by atoms with Gasteiger partial charge in [0.15, 0.2) is 11.5 Å². The van der Waals surface area contributed by atoms with E-state index in [4.69, 9.17) is 19.7 Å². The van der Waals surface area contributed by atoms with Gasteiger partial charge in [0.2, 0.25) is 12.7 Å². The third kappa shape index (κ3) is 3.96. The first-order valence-corrected chi connectivity index (χ1v) is 6.32. The van der Waals surface area contributed by atoms with Gasteiger partial charge in [-0.2, -0.15) is 0 Å². The summed E-state index contributed by atoms with van der Waals surface area (Å²) in [6.45, 7) is -0.145. The van der Waals surface area contributed by atoms with E-state index in [0.717, 1.165) is 5.56 Å². The van der Waals surface area contributed by atoms with Gasteiger partial charge in [-0.15, -0.1) is 0 Å². The van der Waals surface area contributed by atoms with E-state index in [2.05, 4.69) is 5.32 Å². The lowest BCUT2D eigenvalue weighted by Gasteiger charge is -2.11. The Kier molecular flexibility index (Phi) is 4.78. The topological polar surface area (TPSA) is 105 Å². The average Bonchev–Trinajstić information content (AvgIpc) is 2.92. The van der Waals surface area contributed by atoms with Crippen LogP contribution in [0.4, 0.5) is 0 Å². The average molecular weight is 293 g/mol. The van der Waals surface area contributed by atoms with E-state index in [1.54, 1.807) is 18.2 Å². The summed E-state index contributed by atoms with van der Waals surface area (Å²) in [5.41, 5.74) is 0.725. The number of amides is 1. The number of ether oxygens (including phenoxy) is 2. The zero-order valence-electron chi connectivity index (χ0n) is 11.1. The Bertz CT molecular complexity index is 569. The number of carbonyl (C=O) groups excluding carboxylic acids is 1. The Morgan fingerprint density at radius 2 is 2.10 bits per heavy atom. The number of fused-ring (bicyclic) bond motifs is 1. The molecule has 7 heteroatoms. The van der Waals surface area contributed by atoms with Gasteiger partial charge in [0.25, 0.3) is 0 Å². The van der Waals surface area contributed by atoms with Crippen molar-refractivity contribution in [2.45, 2.75) is 12.5 Å². The largest absolute Gasteiger partial charge is 0.480 e. The van der Waals surface area contributed by atoms with Gasteiger partial charge in [-0.1, -0.05) is 6.07 Å². The molecule has 1 amide bonds. The lowest BCUT2D eigenvalue weighted by molar-refractivity contribution is -0.141. The number of aliphatic carboxylic acids is 1. The molecule has 1 aromatic rings. The summed E-state index contributed by atoms with van der Waals surface area (Å²) in [5, 5.41) is 19.9. The molecule has 0 saturated carbocycles. The third-order valence-corrected chi connectivity index (χ3v) is 2.86. The molecule has 2 rings (SSSR count). The van der Waals surface area contributed by atoms with Gasteiger partial charge in [-0.05, 0) is 23.8 Å². The lowest BCUT2D eigenvalue weighted by atomic mass is 10.2. The molecule has 1 atom stereocenters. The molecule has 0 aromatic heterocycles. The van der Waals surface area contributed by atoms with Gasteiger partial charge in [0, 0.05) is 19.1 Å². The molecule has 7 nitrogen and oxygen atoms in total. The predicted octanol–water partition coefficient (Wildman–Crippen LogP) is 0.380. The van der Waals surface area contributed by atoms with Crippen LogP contribution < -0.4 is 14.8 Å². The number of rotatable bonds is 6. The number of nitrogens with one attached hydrogen (secondary N) is 1. The smallest absolute Gasteiger partial charge is 0.326 e. The fourth-order valence-electron chi connectivity index (χ4n) is 1.80. The molecule has 21 heavy (non-hydrogen) atoms. The molecule has 112 valence electrons. The highest BCUT2D eigenvalue weighted by Crippen LogP contribution is 2.32. The van der Waals surface area contributed by atoms with E-state index in [0.29, 0.717) is 11.5 Å². The van der Waals surface area contributed by atoms with Gasteiger partial charge in [0.1, 0.15) is 6.04 Å². The van der Waals surface area contributed by atoms with E-state index >= 15 is 0 Å². The fraction of sp³-hybridized carbons (Fsp3) is 0.286. The van der Waals surface area contributed by atoms with Crippen LogP contribution in [0.15, 0.2) is 24.3 Å². The summed E-state index contributed by atoms with van der Waals surface area (Å²) in [7, 11) is 0. The van der Waals surface area contributed by atoms with Gasteiger partial charge >= 0.3 is 5.97 Å². The van der Waals surface area contributed by atoms with Crippen LogP contribution in [0, 0.1) is 0 Å². The third-order valence-electron chi connectivity index (χ3n) is 2.86. The molecule has 0 saturated heterocycles. The predicted molar refractivity (Wildman–Crippen MR) is 72.9 cm³/mol. The number of hydrogen-bond donors (Lipinski definition) is 3. The maximum atomic E-state index is 11.6. The Balaban J connectivity index is 1.97. The molecule has 1 aromatic carbocycles. The minimum Gasteiger partial charge on any atom is -0.480 e. The van der Waals surface area contributed by atoms with Crippen LogP contribution in [0.3, 0.4) is 0 Å². The Morgan fingerprint density at radius 3 is 2.81 bits per heavy atom. The maximum absolute atomic E-state index is 11.6. The summed E-state index contributed by atoms with van der Waals surface area (Å²) in [6.07, 6.45) is 2.72. The fourth-order valence-corrected chi connectivity index (χ4v) is 1.80. The van der Waals surface area contributed by atoms with E-state index in [9.17, 15) is 9.59 Å². The number of aliphatic hydroxyl groups is 1. The molecular formula is C14H15NO6. The Hall–Kier alpha value is -2.54. The lowest BCUT2D eigenvalue weighted by Crippen LogP contribution is -2.40. The summed E-state index contributed by atoms with van der Waals surface area (Å²) in [4.78, 5) is 22.5. The monoisotopic (exact) mass is 293 g/mol. The summed E-state index contributed by atoms with van der Waals surface area (Å²) in [5.74, 6) is -0.492. The van der Waals surface area contributed by atoms with Crippen molar-refractivity contribution in [3.8, 4) is 11.5 Å². The maximum Gasteiger partial charge on any atom is 0.326 e. The zero-order chi connectivity index (χ0) is 15.2. The van der Waals surface area contributed by atoms with E-state index < -0.39 is 17.9 Å². The summed E-state index contributed by atoms with van der Waals surface area (Å²) >= 11 is 0. The number of aliphatic hydroxyl groups excluding tert-OH is 1. The Labute approximate surface area is 120 Å². The van der Waals surface area contributed by atoms with Crippen molar-refractivity contribution in [2.24, 2.45) is 0 Å². The van der Waals surface area contributed by atoms with Crippen LogP contribution in [0.5, 0.6) is 11.5 Å². The molecule has 3 N–H and O–H groups in total. The van der Waals surface area contributed by atoms with Crippen LogP contribution in [0.1, 0.15) is 12.0 Å². The highest BCUT2D eigenvalue weighted by atomic mass is 16.7. The Morgan fingerprint density at radius 1 is 1.33 bits per heavy atom. The van der Waals surface area contributed by atoms with Crippen molar-refractivity contribution in [1.29, 1.82) is 0 Å². The molecule has 1 unspecified atom stereocenters. The SMILES string of the molecule is O=C(/C=C/c1ccc2c(c1)OCO2)NC(CCO)C(=O)O. The first kappa shape index (κ1) is 14.9. The standard InChI is InChI=1S/C14H15NO6/c16-6-5-10(14(18)19)15-13(17)4-2-9-1-3-11-12(7-9)21-8-20-11/h1-4,7,10,16H,5-6,8H2,(H,15,17)(H,18,19)/b4-2+. The van der Waals surface area contributed by atoms with Crippen molar-refractivity contribution in [2.75, 3.05) is 13.4 Å². The molecule has 0 bridgehead atoms. The van der Waals surface area contributed by atoms with Crippen molar-refractivity contribution in [1.82, 2.24) is 5.32 Å². The van der Waals surface area contributed by atoms with Crippen LogP contribution >= 0.6 is 0 Å². The van der Waals surface area contributed by atoms with Crippen molar-refractivity contribution in [3.63, 3.8) is 0 Å². The first-order chi connectivity index (χ1) is 10.1. The highest BCUT2D eigenvalue weighted by molar-refractivity contribution is 5.94. The van der Waals surface area contributed by atoms with E-state index in [-0.39, 0.29) is 19.8 Å². The van der Waals surface area contributed by atoms with Crippen LogP contribution in [-0.2, 0) is 9.59 Å². The zero-order valence-corrected chi connectivity index (χ0v) is 11.1. The number of carboxylic acids is 1. The van der Waals surface area contributed by atoms with Crippen LogP contribution in [-0.4, -0.2) is 41.5 Å². The summed E-state index contributed by atoms with van der Waals surface area (Å²) < 4.78 is 10.4. The first-order valence-electron chi connectivity index (χ1n) is 6.32. The quantitative estimate of drug-likeness (QED) is 0.655. The summed E-state index contributed by atoms with van der Waals surface area (Å²) in [6, 6.07) is 4.09. The number of benzene rings is 1. The minimum absolute atomic E-state index is 0.0427. The molecular weight excluding hydrogens is 278 g/mol. The van der Waals surface area contributed by atoms with Crippen molar-refractivity contribution >= 4 is 18.0 Å². The number of carboxylic acid groups (broad SMARTS) is 1. The highest BCUT2D eigenvalue weighted by Gasteiger charge is 2.18. The van der Waals surface area contributed by atoms with Gasteiger partial charge < -0.3 is 25.0 Å². The van der Waals surface area contributed by atoms with E-state index in [1.807, 2.05) is 0 Å². The van der Waals surface area contributed by atoms with E-state index in [1.165, 1.54) is 12.2 Å². The van der Waals surface area contributed by atoms with Crippen LogP contribution in [0.2, 0.25) is 0 Å². The molecule has 0 fully saturated rings. The second kappa shape index (κ2) is 6.76. The number of carbonyl (C=O) groups is 2. The van der Waals surface area contributed by atoms with Crippen LogP contribution in [0.25, 0.3) is 6.08 Å². The second-order valence-corrected chi connectivity index (χ2v) is 4.36.